The van der Waals surface area contributed by atoms with Gasteiger partial charge in [0.25, 0.3) is 0 Å². The zero-order chi connectivity index (χ0) is 16.2. The number of sulfonamides is 1. The number of unbranched alkanes of at least 4 members (excludes halogenated alkanes) is 1. The van der Waals surface area contributed by atoms with Crippen molar-refractivity contribution < 1.29 is 12.8 Å². The standard InChI is InChI=1S/C15H23N3O3S/c1-4-5-9-22(19,20)16-11-14(15-7-6-8-21-15)18-13(3)10-12(2)17-18/h6-8,10,14,16H,4-5,9,11H2,1-3H3. The van der Waals surface area contributed by atoms with Gasteiger partial charge in [-0.3, -0.25) is 4.68 Å². The van der Waals surface area contributed by atoms with Crippen molar-refractivity contribution in [1.82, 2.24) is 14.5 Å². The molecule has 1 atom stereocenters. The molecule has 0 saturated carbocycles. The third-order valence-electron chi connectivity index (χ3n) is 3.47. The van der Waals surface area contributed by atoms with Crippen LogP contribution in [0, 0.1) is 13.8 Å². The van der Waals surface area contributed by atoms with E-state index in [1.54, 1.807) is 17.0 Å². The molecular formula is C15H23N3O3S. The van der Waals surface area contributed by atoms with Gasteiger partial charge in [0.2, 0.25) is 10.0 Å². The molecule has 1 N–H and O–H groups in total. The predicted octanol–water partition coefficient (Wildman–Crippen LogP) is 2.40. The Balaban J connectivity index is 2.19. The van der Waals surface area contributed by atoms with E-state index >= 15 is 0 Å². The van der Waals surface area contributed by atoms with Crippen molar-refractivity contribution in [2.24, 2.45) is 0 Å². The molecule has 2 aromatic heterocycles. The first-order valence-electron chi connectivity index (χ1n) is 7.46. The maximum atomic E-state index is 12.0. The average Bonchev–Trinajstić information content (AvgIpc) is 3.08. The molecule has 7 heteroatoms. The number of aryl methyl sites for hydroxylation is 2. The zero-order valence-electron chi connectivity index (χ0n) is 13.2. The Bertz CT molecular complexity index is 690. The average molecular weight is 325 g/mol. The second kappa shape index (κ2) is 7.11. The molecule has 0 spiro atoms. The fourth-order valence-corrected chi connectivity index (χ4v) is 3.59. The third-order valence-corrected chi connectivity index (χ3v) is 4.91. The summed E-state index contributed by atoms with van der Waals surface area (Å²) in [5.41, 5.74) is 1.86. The van der Waals surface area contributed by atoms with Crippen molar-refractivity contribution in [2.45, 2.75) is 39.7 Å². The van der Waals surface area contributed by atoms with Crippen molar-refractivity contribution in [3.8, 4) is 0 Å². The fraction of sp³-hybridized carbons (Fsp3) is 0.533. The van der Waals surface area contributed by atoms with E-state index in [2.05, 4.69) is 9.82 Å². The minimum absolute atomic E-state index is 0.144. The lowest BCUT2D eigenvalue weighted by molar-refractivity contribution is 0.396. The molecule has 0 aliphatic carbocycles. The Labute approximate surface area is 131 Å². The molecule has 1 unspecified atom stereocenters. The summed E-state index contributed by atoms with van der Waals surface area (Å²) in [5, 5.41) is 4.45. The van der Waals surface area contributed by atoms with E-state index in [0.29, 0.717) is 12.2 Å². The third kappa shape index (κ3) is 4.20. The summed E-state index contributed by atoms with van der Waals surface area (Å²) in [6.07, 6.45) is 3.08. The smallest absolute Gasteiger partial charge is 0.211 e. The number of hydrogen-bond acceptors (Lipinski definition) is 4. The van der Waals surface area contributed by atoms with Crippen LogP contribution in [0.2, 0.25) is 0 Å². The van der Waals surface area contributed by atoms with Crippen molar-refractivity contribution in [3.05, 3.63) is 41.6 Å². The van der Waals surface area contributed by atoms with Crippen LogP contribution in [0.3, 0.4) is 0 Å². The lowest BCUT2D eigenvalue weighted by Crippen LogP contribution is -2.33. The van der Waals surface area contributed by atoms with E-state index in [-0.39, 0.29) is 18.3 Å². The molecule has 122 valence electrons. The van der Waals surface area contributed by atoms with Crippen molar-refractivity contribution in [1.29, 1.82) is 0 Å². The molecule has 0 radical (unpaired) electrons. The Morgan fingerprint density at radius 1 is 1.41 bits per heavy atom. The number of nitrogens with zero attached hydrogens (tertiary/aromatic N) is 2. The SMILES string of the molecule is CCCCS(=O)(=O)NCC(c1ccco1)n1nc(C)cc1C. The molecule has 6 nitrogen and oxygen atoms in total. The summed E-state index contributed by atoms with van der Waals surface area (Å²) in [6, 6.07) is 5.29. The predicted molar refractivity (Wildman–Crippen MR) is 85.2 cm³/mol. The van der Waals surface area contributed by atoms with Crippen LogP contribution in [0.5, 0.6) is 0 Å². The van der Waals surface area contributed by atoms with Gasteiger partial charge in [-0.25, -0.2) is 13.1 Å². The number of nitrogens with one attached hydrogen (secondary N) is 1. The monoisotopic (exact) mass is 325 g/mol. The number of rotatable bonds is 8. The molecule has 0 aliphatic rings. The molecule has 2 heterocycles. The molecular weight excluding hydrogens is 302 g/mol. The van der Waals surface area contributed by atoms with Crippen LogP contribution >= 0.6 is 0 Å². The van der Waals surface area contributed by atoms with E-state index in [9.17, 15) is 8.42 Å². The highest BCUT2D eigenvalue weighted by molar-refractivity contribution is 7.89. The Morgan fingerprint density at radius 2 is 2.18 bits per heavy atom. The maximum absolute atomic E-state index is 12.0. The van der Waals surface area contributed by atoms with E-state index in [0.717, 1.165) is 17.8 Å². The number of hydrogen-bond donors (Lipinski definition) is 1. The minimum atomic E-state index is -3.28. The van der Waals surface area contributed by atoms with Gasteiger partial charge in [-0.2, -0.15) is 5.10 Å². The molecule has 0 bridgehead atoms. The molecule has 0 saturated heterocycles. The highest BCUT2D eigenvalue weighted by Gasteiger charge is 2.22. The Morgan fingerprint density at radius 3 is 2.73 bits per heavy atom. The molecule has 2 rings (SSSR count). The van der Waals surface area contributed by atoms with Crippen LogP contribution in [0.4, 0.5) is 0 Å². The largest absolute Gasteiger partial charge is 0.467 e. The second-order valence-electron chi connectivity index (χ2n) is 5.42. The van der Waals surface area contributed by atoms with Crippen LogP contribution in [-0.2, 0) is 10.0 Å². The van der Waals surface area contributed by atoms with Crippen LogP contribution in [0.1, 0.15) is 43.0 Å². The van der Waals surface area contributed by atoms with Gasteiger partial charge in [-0.15, -0.1) is 0 Å². The summed E-state index contributed by atoms with van der Waals surface area (Å²) in [7, 11) is -3.28. The normalized spacial score (nSPS) is 13.4. The maximum Gasteiger partial charge on any atom is 0.211 e. The lowest BCUT2D eigenvalue weighted by Gasteiger charge is -2.18. The Hall–Kier alpha value is -1.60. The fourth-order valence-electron chi connectivity index (χ4n) is 2.36. The highest BCUT2D eigenvalue weighted by atomic mass is 32.2. The quantitative estimate of drug-likeness (QED) is 0.808. The molecule has 0 fully saturated rings. The summed E-state index contributed by atoms with van der Waals surface area (Å²) < 4.78 is 34.0. The molecule has 2 aromatic rings. The summed E-state index contributed by atoms with van der Waals surface area (Å²) in [6.45, 7) is 6.05. The van der Waals surface area contributed by atoms with E-state index < -0.39 is 10.0 Å². The minimum Gasteiger partial charge on any atom is -0.467 e. The number of furan rings is 1. The van der Waals surface area contributed by atoms with Crippen molar-refractivity contribution in [3.63, 3.8) is 0 Å². The highest BCUT2D eigenvalue weighted by Crippen LogP contribution is 2.20. The van der Waals surface area contributed by atoms with Crippen LogP contribution in [-0.4, -0.2) is 30.5 Å². The van der Waals surface area contributed by atoms with E-state index in [1.165, 1.54) is 0 Å². The summed E-state index contributed by atoms with van der Waals surface area (Å²) in [5.74, 6) is 0.829. The first-order valence-corrected chi connectivity index (χ1v) is 9.11. The number of aromatic nitrogens is 2. The van der Waals surface area contributed by atoms with Crippen LogP contribution in [0.15, 0.2) is 28.9 Å². The molecule has 0 aliphatic heterocycles. The first kappa shape index (κ1) is 16.8. The van der Waals surface area contributed by atoms with Gasteiger partial charge < -0.3 is 4.42 Å². The van der Waals surface area contributed by atoms with Gasteiger partial charge in [0.15, 0.2) is 0 Å². The van der Waals surface area contributed by atoms with Gasteiger partial charge in [-0.05, 0) is 38.5 Å². The van der Waals surface area contributed by atoms with Gasteiger partial charge in [0, 0.05) is 12.2 Å². The van der Waals surface area contributed by atoms with Crippen LogP contribution in [0.25, 0.3) is 0 Å². The zero-order valence-corrected chi connectivity index (χ0v) is 14.1. The van der Waals surface area contributed by atoms with Gasteiger partial charge in [0.1, 0.15) is 11.8 Å². The second-order valence-corrected chi connectivity index (χ2v) is 7.35. The summed E-state index contributed by atoms with van der Waals surface area (Å²) in [4.78, 5) is 0. The molecule has 22 heavy (non-hydrogen) atoms. The van der Waals surface area contributed by atoms with E-state index in [1.807, 2.05) is 32.9 Å². The van der Waals surface area contributed by atoms with Gasteiger partial charge >= 0.3 is 0 Å². The van der Waals surface area contributed by atoms with Crippen LogP contribution < -0.4 is 4.72 Å². The molecule has 0 amide bonds. The van der Waals surface area contributed by atoms with Gasteiger partial charge in [-0.1, -0.05) is 13.3 Å². The van der Waals surface area contributed by atoms with E-state index in [4.69, 9.17) is 4.42 Å². The first-order chi connectivity index (χ1) is 10.4. The van der Waals surface area contributed by atoms with Gasteiger partial charge in [0.05, 0.1) is 17.7 Å². The molecule has 0 aromatic carbocycles. The van der Waals surface area contributed by atoms with Crippen molar-refractivity contribution >= 4 is 10.0 Å². The summed E-state index contributed by atoms with van der Waals surface area (Å²) >= 11 is 0. The Kier molecular flexibility index (Phi) is 5.42. The lowest BCUT2D eigenvalue weighted by atomic mass is 10.2. The van der Waals surface area contributed by atoms with Crippen molar-refractivity contribution in [2.75, 3.05) is 12.3 Å². The topological polar surface area (TPSA) is 77.1 Å².